The Morgan fingerprint density at radius 1 is 1.04 bits per heavy atom. The Morgan fingerprint density at radius 3 is 2.46 bits per heavy atom. The number of pyridine rings is 1. The normalized spacial score (nSPS) is 16.2. The van der Waals surface area contributed by atoms with Gasteiger partial charge in [-0.2, -0.15) is 0 Å². The molecule has 2 heterocycles. The van der Waals surface area contributed by atoms with Crippen molar-refractivity contribution in [3.63, 3.8) is 0 Å². The van der Waals surface area contributed by atoms with E-state index in [4.69, 9.17) is 11.5 Å². The molecule has 0 spiro atoms. The predicted molar refractivity (Wildman–Crippen MR) is 113 cm³/mol. The van der Waals surface area contributed by atoms with Crippen molar-refractivity contribution in [1.82, 2.24) is 4.98 Å². The van der Waals surface area contributed by atoms with E-state index in [2.05, 4.69) is 15.2 Å². The van der Waals surface area contributed by atoms with Gasteiger partial charge in [0.2, 0.25) is 0 Å². The molecule has 0 unspecified atom stereocenters. The standard InChI is InChI=1S/C22H23N5O/c23-18-9-12-27(14-18)19-4-1-16(2-5-19)22(28)26-21-13-17(3-6-20(21)24)15-7-10-25-11-8-15/h1-8,10-11,13,18H,9,12,14,23-24H2,(H,26,28)/t18-/m0/s1. The van der Waals surface area contributed by atoms with Crippen LogP contribution in [0.5, 0.6) is 0 Å². The van der Waals surface area contributed by atoms with E-state index in [0.717, 1.165) is 36.3 Å². The van der Waals surface area contributed by atoms with Gasteiger partial charge >= 0.3 is 0 Å². The summed E-state index contributed by atoms with van der Waals surface area (Å²) in [5.41, 5.74) is 16.8. The molecule has 4 rings (SSSR count). The minimum atomic E-state index is -0.191. The predicted octanol–water partition coefficient (Wildman–Crippen LogP) is 3.12. The second-order valence-corrected chi connectivity index (χ2v) is 7.03. The summed E-state index contributed by atoms with van der Waals surface area (Å²) < 4.78 is 0. The quantitative estimate of drug-likeness (QED) is 0.611. The van der Waals surface area contributed by atoms with Crippen LogP contribution in [0.4, 0.5) is 17.1 Å². The third-order valence-corrected chi connectivity index (χ3v) is 5.03. The van der Waals surface area contributed by atoms with E-state index in [9.17, 15) is 4.79 Å². The fraction of sp³-hybridized carbons (Fsp3) is 0.182. The average molecular weight is 373 g/mol. The van der Waals surface area contributed by atoms with Gasteiger partial charge in [-0.25, -0.2) is 0 Å². The minimum Gasteiger partial charge on any atom is -0.397 e. The van der Waals surface area contributed by atoms with Crippen molar-refractivity contribution >= 4 is 23.0 Å². The van der Waals surface area contributed by atoms with Gasteiger partial charge in [0, 0.05) is 42.8 Å². The van der Waals surface area contributed by atoms with Crippen LogP contribution in [-0.4, -0.2) is 30.0 Å². The largest absolute Gasteiger partial charge is 0.397 e. The first-order valence-electron chi connectivity index (χ1n) is 9.32. The Morgan fingerprint density at radius 2 is 1.79 bits per heavy atom. The van der Waals surface area contributed by atoms with E-state index in [-0.39, 0.29) is 11.9 Å². The molecule has 3 aromatic rings. The maximum Gasteiger partial charge on any atom is 0.255 e. The molecule has 5 N–H and O–H groups in total. The lowest BCUT2D eigenvalue weighted by Crippen LogP contribution is -2.26. The topological polar surface area (TPSA) is 97.3 Å². The Labute approximate surface area is 164 Å². The van der Waals surface area contributed by atoms with Crippen molar-refractivity contribution in [2.75, 3.05) is 29.0 Å². The van der Waals surface area contributed by atoms with Crippen LogP contribution in [0.15, 0.2) is 67.0 Å². The second-order valence-electron chi connectivity index (χ2n) is 7.03. The van der Waals surface area contributed by atoms with Gasteiger partial charge in [0.1, 0.15) is 0 Å². The van der Waals surface area contributed by atoms with Crippen LogP contribution < -0.4 is 21.7 Å². The summed E-state index contributed by atoms with van der Waals surface area (Å²) in [5, 5.41) is 2.92. The molecular formula is C22H23N5O. The molecular weight excluding hydrogens is 350 g/mol. The summed E-state index contributed by atoms with van der Waals surface area (Å²) >= 11 is 0. The first-order chi connectivity index (χ1) is 13.6. The lowest BCUT2D eigenvalue weighted by Gasteiger charge is -2.18. The Kier molecular flexibility index (Phi) is 4.95. The molecule has 1 aliphatic heterocycles. The van der Waals surface area contributed by atoms with Gasteiger partial charge in [0.15, 0.2) is 0 Å². The van der Waals surface area contributed by atoms with Crippen LogP contribution in [0.1, 0.15) is 16.8 Å². The Bertz CT molecular complexity index is 972. The summed E-state index contributed by atoms with van der Waals surface area (Å²) in [6.45, 7) is 1.80. The Balaban J connectivity index is 1.50. The number of hydrogen-bond acceptors (Lipinski definition) is 5. The van der Waals surface area contributed by atoms with Crippen molar-refractivity contribution in [2.45, 2.75) is 12.5 Å². The first-order valence-corrected chi connectivity index (χ1v) is 9.32. The molecule has 0 saturated carbocycles. The summed E-state index contributed by atoms with van der Waals surface area (Å²) in [4.78, 5) is 19.0. The first kappa shape index (κ1) is 18.0. The number of anilines is 3. The lowest BCUT2D eigenvalue weighted by atomic mass is 10.1. The van der Waals surface area contributed by atoms with Crippen molar-refractivity contribution in [3.8, 4) is 11.1 Å². The summed E-state index contributed by atoms with van der Waals surface area (Å²) in [6.07, 6.45) is 4.47. The molecule has 0 bridgehead atoms. The number of carbonyl (C=O) groups is 1. The number of hydrogen-bond donors (Lipinski definition) is 3. The van der Waals surface area contributed by atoms with Crippen molar-refractivity contribution in [1.29, 1.82) is 0 Å². The van der Waals surface area contributed by atoms with E-state index < -0.39 is 0 Å². The average Bonchev–Trinajstić information content (AvgIpc) is 3.17. The van der Waals surface area contributed by atoms with Crippen LogP contribution >= 0.6 is 0 Å². The lowest BCUT2D eigenvalue weighted by molar-refractivity contribution is 0.102. The van der Waals surface area contributed by atoms with Gasteiger partial charge in [-0.1, -0.05) is 6.07 Å². The van der Waals surface area contributed by atoms with Crippen LogP contribution in [0.2, 0.25) is 0 Å². The van der Waals surface area contributed by atoms with Gasteiger partial charge in [0.25, 0.3) is 5.91 Å². The highest BCUT2D eigenvalue weighted by atomic mass is 16.1. The van der Waals surface area contributed by atoms with Crippen LogP contribution in [0, 0.1) is 0 Å². The number of benzene rings is 2. The minimum absolute atomic E-state index is 0.191. The maximum atomic E-state index is 12.7. The molecule has 142 valence electrons. The SMILES string of the molecule is Nc1ccc(-c2ccncc2)cc1NC(=O)c1ccc(N2CC[C@H](N)C2)cc1. The fourth-order valence-electron chi connectivity index (χ4n) is 3.43. The monoisotopic (exact) mass is 373 g/mol. The number of amides is 1. The van der Waals surface area contributed by atoms with Gasteiger partial charge in [0.05, 0.1) is 11.4 Å². The number of nitrogens with two attached hydrogens (primary N) is 2. The zero-order valence-corrected chi connectivity index (χ0v) is 15.5. The number of nitrogens with zero attached hydrogens (tertiary/aromatic N) is 2. The van der Waals surface area contributed by atoms with Crippen molar-refractivity contribution in [3.05, 3.63) is 72.6 Å². The molecule has 1 amide bonds. The van der Waals surface area contributed by atoms with Gasteiger partial charge in [-0.15, -0.1) is 0 Å². The summed E-state index contributed by atoms with van der Waals surface area (Å²) in [5.74, 6) is -0.191. The number of carbonyl (C=O) groups excluding carboxylic acids is 1. The number of rotatable bonds is 4. The molecule has 1 aromatic heterocycles. The van der Waals surface area contributed by atoms with Gasteiger partial charge in [-0.05, 0) is 66.1 Å². The van der Waals surface area contributed by atoms with Gasteiger partial charge in [-0.3, -0.25) is 9.78 Å². The molecule has 2 aromatic carbocycles. The highest BCUT2D eigenvalue weighted by molar-refractivity contribution is 6.06. The van der Waals surface area contributed by atoms with E-state index in [1.54, 1.807) is 18.5 Å². The van der Waals surface area contributed by atoms with Gasteiger partial charge < -0.3 is 21.7 Å². The summed E-state index contributed by atoms with van der Waals surface area (Å²) in [6, 6.07) is 17.2. The molecule has 0 aliphatic carbocycles. The van der Waals surface area contributed by atoms with Crippen LogP contribution in [0.25, 0.3) is 11.1 Å². The number of nitrogens with one attached hydrogen (secondary N) is 1. The zero-order chi connectivity index (χ0) is 19.5. The Hall–Kier alpha value is -3.38. The van der Waals surface area contributed by atoms with Crippen molar-refractivity contribution < 1.29 is 4.79 Å². The highest BCUT2D eigenvalue weighted by Gasteiger charge is 2.19. The molecule has 1 atom stereocenters. The van der Waals surface area contributed by atoms with Crippen molar-refractivity contribution in [2.24, 2.45) is 5.73 Å². The molecule has 1 aliphatic rings. The van der Waals surface area contributed by atoms with Crippen LogP contribution in [0.3, 0.4) is 0 Å². The van der Waals surface area contributed by atoms with Crippen LogP contribution in [-0.2, 0) is 0 Å². The molecule has 1 fully saturated rings. The molecule has 0 radical (unpaired) electrons. The molecule has 1 saturated heterocycles. The van der Waals surface area contributed by atoms with E-state index in [1.165, 1.54) is 0 Å². The summed E-state index contributed by atoms with van der Waals surface area (Å²) in [7, 11) is 0. The highest BCUT2D eigenvalue weighted by Crippen LogP contribution is 2.27. The molecule has 28 heavy (non-hydrogen) atoms. The van der Waals surface area contributed by atoms with E-state index >= 15 is 0 Å². The second kappa shape index (κ2) is 7.70. The number of nitrogen functional groups attached to an aromatic ring is 1. The number of aromatic nitrogens is 1. The smallest absolute Gasteiger partial charge is 0.255 e. The third kappa shape index (κ3) is 3.82. The van der Waals surface area contributed by atoms with E-state index in [0.29, 0.717) is 16.9 Å². The fourth-order valence-corrected chi connectivity index (χ4v) is 3.43. The van der Waals surface area contributed by atoms with E-state index in [1.807, 2.05) is 48.5 Å². The molecule has 6 heteroatoms. The third-order valence-electron chi connectivity index (χ3n) is 5.03. The molecule has 6 nitrogen and oxygen atoms in total. The zero-order valence-electron chi connectivity index (χ0n) is 15.5. The maximum absolute atomic E-state index is 12.7.